The van der Waals surface area contributed by atoms with E-state index in [1.54, 1.807) is 23.3 Å². The Hall–Kier alpha value is -4.05. The lowest BCUT2D eigenvalue weighted by molar-refractivity contribution is -0.118. The molecule has 10 nitrogen and oxygen atoms in total. The number of methoxy groups -OCH3 is 1. The van der Waals surface area contributed by atoms with Crippen molar-refractivity contribution in [1.82, 2.24) is 16.3 Å². The quantitative estimate of drug-likeness (QED) is 0.320. The monoisotopic (exact) mass is 550 g/mol. The number of amides is 3. The van der Waals surface area contributed by atoms with Crippen molar-refractivity contribution in [1.29, 1.82) is 0 Å². The van der Waals surface area contributed by atoms with Crippen LogP contribution in [0.1, 0.15) is 75.0 Å². The highest BCUT2D eigenvalue weighted by Gasteiger charge is 2.24. The third kappa shape index (κ3) is 7.75. The molecule has 216 valence electrons. The number of hydrogen-bond acceptors (Lipinski definition) is 7. The van der Waals surface area contributed by atoms with Crippen LogP contribution in [0.4, 0.5) is 11.4 Å². The van der Waals surface area contributed by atoms with Crippen molar-refractivity contribution >= 4 is 29.1 Å². The molecule has 10 heteroatoms. The van der Waals surface area contributed by atoms with E-state index in [-0.39, 0.29) is 29.1 Å². The van der Waals surface area contributed by atoms with E-state index >= 15 is 0 Å². The van der Waals surface area contributed by atoms with Crippen LogP contribution in [0.25, 0.3) is 0 Å². The fraction of sp³-hybridized carbons (Fsp3) is 0.433. The van der Waals surface area contributed by atoms with Gasteiger partial charge in [-0.25, -0.2) is 0 Å². The number of carbonyl (C=O) groups is 3. The second-order valence-electron chi connectivity index (χ2n) is 12.3. The van der Waals surface area contributed by atoms with E-state index < -0.39 is 5.91 Å². The zero-order valence-electron chi connectivity index (χ0n) is 24.7. The maximum atomic E-state index is 13.5. The lowest BCUT2D eigenvalue weighted by Crippen LogP contribution is -2.40. The molecule has 0 aromatic heterocycles. The average Bonchev–Trinajstić information content (AvgIpc) is 3.35. The Bertz CT molecular complexity index is 1320. The van der Waals surface area contributed by atoms with Gasteiger partial charge in [0, 0.05) is 18.5 Å². The summed E-state index contributed by atoms with van der Waals surface area (Å²) in [7, 11) is 1.53. The largest absolute Gasteiger partial charge is 0.494 e. The molecule has 0 fully saturated rings. The van der Waals surface area contributed by atoms with Gasteiger partial charge in [0.2, 0.25) is 5.91 Å². The van der Waals surface area contributed by atoms with Gasteiger partial charge < -0.3 is 21.1 Å². The van der Waals surface area contributed by atoms with Crippen molar-refractivity contribution in [3.63, 3.8) is 0 Å². The van der Waals surface area contributed by atoms with Gasteiger partial charge in [-0.15, -0.1) is 5.53 Å². The molecular weight excluding hydrogens is 508 g/mol. The fourth-order valence-electron chi connectivity index (χ4n) is 4.10. The summed E-state index contributed by atoms with van der Waals surface area (Å²) in [5.74, 6) is -0.468. The molecule has 0 saturated heterocycles. The van der Waals surface area contributed by atoms with Crippen LogP contribution in [0, 0.1) is 12.3 Å². The summed E-state index contributed by atoms with van der Waals surface area (Å²) in [5.41, 5.74) is 15.7. The lowest BCUT2D eigenvalue weighted by atomic mass is 9.85. The SMILES string of the molecule is COc1c(CCC(N)=O)cc(C(C)(C)C)cc1NC(=O)c1ccc(C)c(N2C=C(C(=O)NCC(C)(C)C)NN2)c1. The summed E-state index contributed by atoms with van der Waals surface area (Å²) in [6.45, 7) is 14.8. The minimum Gasteiger partial charge on any atom is -0.494 e. The van der Waals surface area contributed by atoms with Crippen molar-refractivity contribution in [2.45, 2.75) is 66.7 Å². The number of carbonyl (C=O) groups excluding carboxylic acids is 3. The molecule has 1 aliphatic heterocycles. The second-order valence-corrected chi connectivity index (χ2v) is 12.3. The smallest absolute Gasteiger partial charge is 0.270 e. The Morgan fingerprint density at radius 3 is 2.33 bits per heavy atom. The molecule has 1 heterocycles. The predicted molar refractivity (Wildman–Crippen MR) is 158 cm³/mol. The molecule has 2 aromatic carbocycles. The minimum atomic E-state index is -0.408. The first kappa shape index (κ1) is 30.5. The van der Waals surface area contributed by atoms with E-state index in [9.17, 15) is 14.4 Å². The van der Waals surface area contributed by atoms with Crippen molar-refractivity contribution < 1.29 is 19.1 Å². The number of nitrogens with two attached hydrogens (primary N) is 1. The summed E-state index contributed by atoms with van der Waals surface area (Å²) in [4.78, 5) is 37.5. The molecule has 0 saturated carbocycles. The van der Waals surface area contributed by atoms with Crippen LogP contribution in [0.2, 0.25) is 0 Å². The van der Waals surface area contributed by atoms with Gasteiger partial charge in [-0.2, -0.15) is 0 Å². The highest BCUT2D eigenvalue weighted by Crippen LogP contribution is 2.36. The molecule has 0 aliphatic carbocycles. The van der Waals surface area contributed by atoms with Crippen LogP contribution in [-0.4, -0.2) is 31.4 Å². The van der Waals surface area contributed by atoms with Gasteiger partial charge in [0.15, 0.2) is 0 Å². The molecule has 0 atom stereocenters. The Kier molecular flexibility index (Phi) is 9.14. The highest BCUT2D eigenvalue weighted by molar-refractivity contribution is 6.06. The zero-order valence-corrected chi connectivity index (χ0v) is 24.7. The predicted octanol–water partition coefficient (Wildman–Crippen LogP) is 3.80. The number of benzene rings is 2. The van der Waals surface area contributed by atoms with Crippen LogP contribution >= 0.6 is 0 Å². The van der Waals surface area contributed by atoms with E-state index in [1.807, 2.05) is 45.9 Å². The molecule has 2 aromatic rings. The van der Waals surface area contributed by atoms with Crippen molar-refractivity contribution in [3.8, 4) is 5.75 Å². The molecule has 3 amide bonds. The number of nitrogens with one attached hydrogen (secondary N) is 4. The molecule has 0 radical (unpaired) electrons. The first-order chi connectivity index (χ1) is 18.6. The third-order valence-electron chi connectivity index (χ3n) is 6.45. The summed E-state index contributed by atoms with van der Waals surface area (Å²) in [6, 6.07) is 9.23. The van der Waals surface area contributed by atoms with Crippen molar-refractivity contribution in [2.24, 2.45) is 11.1 Å². The molecule has 40 heavy (non-hydrogen) atoms. The van der Waals surface area contributed by atoms with Crippen molar-refractivity contribution in [2.75, 3.05) is 24.0 Å². The van der Waals surface area contributed by atoms with Gasteiger partial charge in [0.1, 0.15) is 11.4 Å². The molecule has 0 unspecified atom stereocenters. The maximum absolute atomic E-state index is 13.5. The molecule has 0 bridgehead atoms. The van der Waals surface area contributed by atoms with Gasteiger partial charge in [0.25, 0.3) is 11.8 Å². The van der Waals surface area contributed by atoms with Crippen LogP contribution < -0.4 is 37.1 Å². The van der Waals surface area contributed by atoms with E-state index in [0.29, 0.717) is 41.4 Å². The number of aryl methyl sites for hydroxylation is 2. The van der Waals surface area contributed by atoms with Gasteiger partial charge in [-0.05, 0) is 59.1 Å². The van der Waals surface area contributed by atoms with Crippen LogP contribution in [-0.2, 0) is 21.4 Å². The van der Waals surface area contributed by atoms with E-state index in [2.05, 4.69) is 42.4 Å². The third-order valence-corrected chi connectivity index (χ3v) is 6.45. The van der Waals surface area contributed by atoms with Gasteiger partial charge in [-0.3, -0.25) is 24.8 Å². The molecule has 0 spiro atoms. The van der Waals surface area contributed by atoms with Gasteiger partial charge >= 0.3 is 0 Å². The summed E-state index contributed by atoms with van der Waals surface area (Å²) in [5, 5.41) is 7.58. The minimum absolute atomic E-state index is 0.0437. The normalized spacial score (nSPS) is 13.4. The summed E-state index contributed by atoms with van der Waals surface area (Å²) < 4.78 is 5.67. The highest BCUT2D eigenvalue weighted by atomic mass is 16.5. The first-order valence-electron chi connectivity index (χ1n) is 13.3. The number of rotatable bonds is 9. The standard InChI is InChI=1S/C30H42N6O4/c1-18-9-10-20(14-24(18)36-16-23(34-35-36)28(39)32-17-29(2,3)4)27(38)33-22-15-21(30(5,6)7)13-19(26(22)40-8)11-12-25(31)37/h9-10,13-16,34-35H,11-12,17H2,1-8H3,(H2,31,37)(H,32,39)(H,33,38). The van der Waals surface area contributed by atoms with E-state index in [4.69, 9.17) is 10.5 Å². The zero-order chi connectivity index (χ0) is 29.8. The first-order valence-corrected chi connectivity index (χ1v) is 13.3. The molecule has 3 rings (SSSR count). The number of hydrogen-bond donors (Lipinski definition) is 5. The Balaban J connectivity index is 1.88. The summed E-state index contributed by atoms with van der Waals surface area (Å²) >= 11 is 0. The van der Waals surface area contributed by atoms with Crippen LogP contribution in [0.3, 0.4) is 0 Å². The molecular formula is C30H42N6O4. The number of anilines is 2. The maximum Gasteiger partial charge on any atom is 0.270 e. The Morgan fingerprint density at radius 1 is 1.02 bits per heavy atom. The topological polar surface area (TPSA) is 138 Å². The molecule has 6 N–H and O–H groups in total. The molecule has 1 aliphatic rings. The van der Waals surface area contributed by atoms with E-state index in [0.717, 1.165) is 16.7 Å². The number of nitrogens with zero attached hydrogens (tertiary/aromatic N) is 1. The van der Waals surface area contributed by atoms with Crippen molar-refractivity contribution in [3.05, 3.63) is 64.5 Å². The lowest BCUT2D eigenvalue weighted by Gasteiger charge is -2.24. The van der Waals surface area contributed by atoms with Crippen LogP contribution in [0.15, 0.2) is 42.2 Å². The number of hydrazine groups is 2. The Labute approximate surface area is 236 Å². The summed E-state index contributed by atoms with van der Waals surface area (Å²) in [6.07, 6.45) is 2.22. The fourth-order valence-corrected chi connectivity index (χ4v) is 4.10. The second kappa shape index (κ2) is 12.0. The van der Waals surface area contributed by atoms with E-state index in [1.165, 1.54) is 7.11 Å². The number of ether oxygens (including phenoxy) is 1. The average molecular weight is 551 g/mol. The number of primary amides is 1. The van der Waals surface area contributed by atoms with Gasteiger partial charge in [0.05, 0.1) is 24.7 Å². The van der Waals surface area contributed by atoms with Crippen LogP contribution in [0.5, 0.6) is 5.75 Å². The Morgan fingerprint density at radius 2 is 1.73 bits per heavy atom. The van der Waals surface area contributed by atoms with Gasteiger partial charge in [-0.1, -0.05) is 53.7 Å².